The van der Waals surface area contributed by atoms with Crippen molar-refractivity contribution in [1.29, 1.82) is 0 Å². The molecular weight excluding hydrogens is 143 g/mol. The number of H-pyrrole nitrogens is 1. The molecule has 60 valence electrons. The van der Waals surface area contributed by atoms with Gasteiger partial charge in [-0.15, -0.1) is 0 Å². The van der Waals surface area contributed by atoms with Gasteiger partial charge in [-0.3, -0.25) is 0 Å². The second kappa shape index (κ2) is 2.66. The summed E-state index contributed by atoms with van der Waals surface area (Å²) in [6, 6.07) is 1.93. The van der Waals surface area contributed by atoms with E-state index in [1.165, 1.54) is 6.42 Å². The van der Waals surface area contributed by atoms with Crippen molar-refractivity contribution in [1.82, 2.24) is 10.3 Å². The summed E-state index contributed by atoms with van der Waals surface area (Å²) in [4.78, 5) is 2.54. The Bertz CT molecular complexity index is 238. The quantitative estimate of drug-likeness (QED) is 0.631. The fourth-order valence-corrected chi connectivity index (χ4v) is 1.55. The predicted molar refractivity (Wildman–Crippen MR) is 40.7 cm³/mol. The topological polar surface area (TPSA) is 27.8 Å². The molecular formula is C8H11FN2. The van der Waals surface area contributed by atoms with Gasteiger partial charge in [0.05, 0.1) is 0 Å². The normalized spacial score (nSPS) is 24.3. The molecule has 0 radical (unpaired) electrons. The number of hydrogen-bond acceptors (Lipinski definition) is 1. The first-order chi connectivity index (χ1) is 5.36. The first kappa shape index (κ1) is 6.85. The number of rotatable bonds is 1. The van der Waals surface area contributed by atoms with E-state index in [2.05, 4.69) is 10.3 Å². The maximum atomic E-state index is 12.5. The molecule has 3 heteroatoms. The molecule has 0 aliphatic carbocycles. The Balaban J connectivity index is 2.15. The van der Waals surface area contributed by atoms with Gasteiger partial charge in [0, 0.05) is 12.2 Å². The van der Waals surface area contributed by atoms with Gasteiger partial charge in [0.1, 0.15) is 0 Å². The van der Waals surface area contributed by atoms with E-state index in [9.17, 15) is 4.39 Å². The van der Waals surface area contributed by atoms with Crippen LogP contribution in [0.3, 0.4) is 0 Å². The first-order valence-corrected chi connectivity index (χ1v) is 3.93. The predicted octanol–water partition coefficient (Wildman–Crippen LogP) is 1.58. The Morgan fingerprint density at radius 2 is 2.45 bits per heavy atom. The molecule has 1 aromatic heterocycles. The zero-order valence-electron chi connectivity index (χ0n) is 6.23. The summed E-state index contributed by atoms with van der Waals surface area (Å²) in [7, 11) is 0. The highest BCUT2D eigenvalue weighted by atomic mass is 19.1. The zero-order chi connectivity index (χ0) is 7.68. The van der Waals surface area contributed by atoms with Crippen LogP contribution in [-0.4, -0.2) is 11.5 Å². The van der Waals surface area contributed by atoms with Gasteiger partial charge in [0.2, 0.25) is 0 Å². The summed E-state index contributed by atoms with van der Waals surface area (Å²) < 4.78 is 12.5. The Hall–Kier alpha value is -0.830. The van der Waals surface area contributed by atoms with Gasteiger partial charge in [-0.25, -0.2) is 0 Å². The molecule has 0 unspecified atom stereocenters. The summed E-state index contributed by atoms with van der Waals surface area (Å²) in [5.74, 6) is -0.242. The summed E-state index contributed by atoms with van der Waals surface area (Å²) in [5, 5.41) is 3.30. The second-order valence-electron chi connectivity index (χ2n) is 2.93. The smallest absolute Gasteiger partial charge is 0.191 e. The van der Waals surface area contributed by atoms with E-state index < -0.39 is 0 Å². The molecule has 2 rings (SSSR count). The first-order valence-electron chi connectivity index (χ1n) is 3.93. The molecule has 0 aromatic carbocycles. The molecule has 0 spiro atoms. The summed E-state index contributed by atoms with van der Waals surface area (Å²) in [5.41, 5.74) is 1.04. The van der Waals surface area contributed by atoms with Gasteiger partial charge in [-0.2, -0.15) is 4.39 Å². The Labute approximate surface area is 64.8 Å². The molecule has 0 amide bonds. The lowest BCUT2D eigenvalue weighted by Crippen LogP contribution is -2.11. The lowest BCUT2D eigenvalue weighted by molar-refractivity contribution is 0.589. The van der Waals surface area contributed by atoms with Gasteiger partial charge >= 0.3 is 0 Å². The Kier molecular flexibility index (Phi) is 1.66. The van der Waals surface area contributed by atoms with E-state index in [0.717, 1.165) is 18.5 Å². The molecule has 1 aliphatic heterocycles. The van der Waals surface area contributed by atoms with Crippen molar-refractivity contribution < 1.29 is 4.39 Å². The van der Waals surface area contributed by atoms with Crippen LogP contribution in [0.2, 0.25) is 0 Å². The molecule has 2 heterocycles. The van der Waals surface area contributed by atoms with Crippen LogP contribution in [0, 0.1) is 5.95 Å². The van der Waals surface area contributed by atoms with Crippen LogP contribution >= 0.6 is 0 Å². The van der Waals surface area contributed by atoms with Crippen molar-refractivity contribution in [2.75, 3.05) is 6.54 Å². The zero-order valence-corrected chi connectivity index (χ0v) is 6.23. The van der Waals surface area contributed by atoms with E-state index in [-0.39, 0.29) is 5.95 Å². The minimum absolute atomic E-state index is 0.242. The lowest BCUT2D eigenvalue weighted by Gasteiger charge is -2.05. The summed E-state index contributed by atoms with van der Waals surface area (Å²) in [6.45, 7) is 1.05. The van der Waals surface area contributed by atoms with Crippen LogP contribution < -0.4 is 5.32 Å². The highest BCUT2D eigenvalue weighted by Crippen LogP contribution is 2.22. The van der Waals surface area contributed by atoms with Gasteiger partial charge in [-0.1, -0.05) is 0 Å². The molecule has 1 aromatic rings. The van der Waals surface area contributed by atoms with Crippen LogP contribution in [0.1, 0.15) is 24.4 Å². The van der Waals surface area contributed by atoms with Crippen LogP contribution in [-0.2, 0) is 0 Å². The largest absolute Gasteiger partial charge is 0.338 e. The summed E-state index contributed by atoms with van der Waals surface area (Å²) in [6.07, 6.45) is 4.05. The van der Waals surface area contributed by atoms with Crippen molar-refractivity contribution in [3.63, 3.8) is 0 Å². The molecule has 2 N–H and O–H groups in total. The molecule has 1 saturated heterocycles. The lowest BCUT2D eigenvalue weighted by atomic mass is 10.1. The third kappa shape index (κ3) is 1.28. The van der Waals surface area contributed by atoms with E-state index in [4.69, 9.17) is 0 Å². The van der Waals surface area contributed by atoms with Crippen LogP contribution in [0.5, 0.6) is 0 Å². The van der Waals surface area contributed by atoms with Crippen molar-refractivity contribution in [3.8, 4) is 0 Å². The minimum Gasteiger partial charge on any atom is -0.338 e. The SMILES string of the molecule is Fc1cc([C@H]2CCCN2)c[nH]1. The third-order valence-electron chi connectivity index (χ3n) is 2.13. The molecule has 2 nitrogen and oxygen atoms in total. The van der Waals surface area contributed by atoms with Gasteiger partial charge < -0.3 is 10.3 Å². The number of hydrogen-bond donors (Lipinski definition) is 2. The molecule has 0 bridgehead atoms. The summed E-state index contributed by atoms with van der Waals surface area (Å²) >= 11 is 0. The highest BCUT2D eigenvalue weighted by Gasteiger charge is 2.16. The number of halogens is 1. The highest BCUT2D eigenvalue weighted by molar-refractivity contribution is 5.15. The van der Waals surface area contributed by atoms with E-state index >= 15 is 0 Å². The van der Waals surface area contributed by atoms with Gasteiger partial charge in [0.15, 0.2) is 5.95 Å². The van der Waals surface area contributed by atoms with E-state index in [1.54, 1.807) is 12.3 Å². The standard InChI is InChI=1S/C8H11FN2/c9-8-4-6(5-11-8)7-2-1-3-10-7/h4-5,7,10-11H,1-3H2/t7-/m1/s1. The van der Waals surface area contributed by atoms with E-state index in [1.807, 2.05) is 0 Å². The van der Waals surface area contributed by atoms with Crippen LogP contribution in [0.4, 0.5) is 4.39 Å². The number of aromatic amines is 1. The second-order valence-corrected chi connectivity index (χ2v) is 2.93. The van der Waals surface area contributed by atoms with Crippen LogP contribution in [0.15, 0.2) is 12.3 Å². The van der Waals surface area contributed by atoms with Gasteiger partial charge in [-0.05, 0) is 31.0 Å². The molecule has 0 saturated carbocycles. The Morgan fingerprint density at radius 1 is 1.55 bits per heavy atom. The van der Waals surface area contributed by atoms with Gasteiger partial charge in [0.25, 0.3) is 0 Å². The average molecular weight is 154 g/mol. The molecule has 1 fully saturated rings. The van der Waals surface area contributed by atoms with Crippen molar-refractivity contribution in [3.05, 3.63) is 23.8 Å². The van der Waals surface area contributed by atoms with Crippen molar-refractivity contribution >= 4 is 0 Å². The minimum atomic E-state index is -0.242. The van der Waals surface area contributed by atoms with Crippen molar-refractivity contribution in [2.24, 2.45) is 0 Å². The molecule has 11 heavy (non-hydrogen) atoms. The maximum Gasteiger partial charge on any atom is 0.191 e. The third-order valence-corrected chi connectivity index (χ3v) is 2.13. The maximum absolute atomic E-state index is 12.5. The number of aromatic nitrogens is 1. The average Bonchev–Trinajstić information content (AvgIpc) is 2.55. The van der Waals surface area contributed by atoms with Crippen LogP contribution in [0.25, 0.3) is 0 Å². The monoisotopic (exact) mass is 154 g/mol. The molecule has 1 atom stereocenters. The number of nitrogens with one attached hydrogen (secondary N) is 2. The fraction of sp³-hybridized carbons (Fsp3) is 0.500. The molecule has 1 aliphatic rings. The fourth-order valence-electron chi connectivity index (χ4n) is 1.55. The van der Waals surface area contributed by atoms with E-state index in [0.29, 0.717) is 6.04 Å². The van der Waals surface area contributed by atoms with Crippen molar-refractivity contribution in [2.45, 2.75) is 18.9 Å². The Morgan fingerprint density at radius 3 is 3.00 bits per heavy atom.